The molecule has 2 aromatic carbocycles. The number of ether oxygens (including phenoxy) is 2. The molecule has 1 saturated heterocycles. The van der Waals surface area contributed by atoms with E-state index in [9.17, 15) is 9.59 Å². The lowest BCUT2D eigenvalue weighted by molar-refractivity contribution is -0.883. The van der Waals surface area contributed by atoms with Gasteiger partial charge in [-0.1, -0.05) is 37.3 Å². The largest absolute Gasteiger partial charge is 0.462 e. The topological polar surface area (TPSA) is 55.8 Å². The van der Waals surface area contributed by atoms with E-state index in [1.54, 1.807) is 13.8 Å². The van der Waals surface area contributed by atoms with Gasteiger partial charge < -0.3 is 14.4 Å². The first kappa shape index (κ1) is 26.6. The molecule has 3 rings (SSSR count). The maximum Gasteiger partial charge on any atom is 0.339 e. The molecule has 1 heterocycles. The summed E-state index contributed by atoms with van der Waals surface area (Å²) in [5.74, 6) is -0.291. The molecule has 1 unspecified atom stereocenters. The van der Waals surface area contributed by atoms with Gasteiger partial charge in [0.1, 0.15) is 6.20 Å². The maximum absolute atomic E-state index is 14.3. The molecule has 1 aliphatic rings. The van der Waals surface area contributed by atoms with Crippen LogP contribution in [0, 0.1) is 0 Å². The Kier molecular flexibility index (Phi) is 8.87. The summed E-state index contributed by atoms with van der Waals surface area (Å²) in [5, 5.41) is 0. The van der Waals surface area contributed by atoms with Crippen LogP contribution in [0.1, 0.15) is 43.1 Å². The third-order valence-electron chi connectivity index (χ3n) is 7.07. The predicted octanol–water partition coefficient (Wildman–Crippen LogP) is 4.64. The molecular weight excluding hydrogens is 440 g/mol. The van der Waals surface area contributed by atoms with E-state index < -0.39 is 5.54 Å². The Hall–Kier alpha value is -2.96. The first-order chi connectivity index (χ1) is 16.7. The SMILES string of the molecule is CCOC(=O)/C(C)=C/[N+](C)(C)C(CC)(Cc1ccccc1)C(=O)c1ccc(N2CCOCC2)cc1. The number of esters is 1. The van der Waals surface area contributed by atoms with E-state index in [0.29, 0.717) is 43.8 Å². The van der Waals surface area contributed by atoms with Gasteiger partial charge in [-0.05, 0) is 43.7 Å². The van der Waals surface area contributed by atoms with Crippen molar-refractivity contribution in [1.29, 1.82) is 0 Å². The number of benzene rings is 2. The van der Waals surface area contributed by atoms with E-state index in [2.05, 4.69) is 24.0 Å². The average molecular weight is 480 g/mol. The highest BCUT2D eigenvalue weighted by Crippen LogP contribution is 2.35. The zero-order valence-corrected chi connectivity index (χ0v) is 21.8. The Labute approximate surface area is 209 Å². The fraction of sp³-hybridized carbons (Fsp3) is 0.448. The summed E-state index contributed by atoms with van der Waals surface area (Å²) < 4.78 is 10.9. The molecule has 0 aromatic heterocycles. The minimum atomic E-state index is -0.810. The van der Waals surface area contributed by atoms with E-state index in [4.69, 9.17) is 9.47 Å². The normalized spacial score (nSPS) is 16.5. The highest BCUT2D eigenvalue weighted by Gasteiger charge is 2.50. The summed E-state index contributed by atoms with van der Waals surface area (Å²) in [6.07, 6.45) is 3.02. The summed E-state index contributed by atoms with van der Waals surface area (Å²) >= 11 is 0. The fourth-order valence-electron chi connectivity index (χ4n) is 4.99. The zero-order valence-electron chi connectivity index (χ0n) is 21.8. The van der Waals surface area contributed by atoms with Crippen molar-refractivity contribution in [2.45, 2.75) is 39.2 Å². The lowest BCUT2D eigenvalue weighted by Crippen LogP contribution is -2.62. The first-order valence-electron chi connectivity index (χ1n) is 12.5. The molecule has 6 nitrogen and oxygen atoms in total. The maximum atomic E-state index is 14.3. The van der Waals surface area contributed by atoms with Crippen LogP contribution in [0.5, 0.6) is 0 Å². The molecule has 35 heavy (non-hydrogen) atoms. The molecule has 0 amide bonds. The monoisotopic (exact) mass is 479 g/mol. The second-order valence-electron chi connectivity index (χ2n) is 9.60. The standard InChI is InChI=1S/C29H39N2O4/c1-6-29(21-24-11-9-8-10-12-24,31(4,5)22-23(3)28(33)35-7-2)27(32)25-13-15-26(16-14-25)30-17-19-34-20-18-30/h8-16,22H,6-7,17-21H2,1-5H3/q+1/b23-22+. The Morgan fingerprint density at radius 1 is 1.03 bits per heavy atom. The number of carbonyl (C=O) groups is 2. The number of nitrogens with zero attached hydrogens (tertiary/aromatic N) is 2. The van der Waals surface area contributed by atoms with Crippen LogP contribution in [0.15, 0.2) is 66.4 Å². The van der Waals surface area contributed by atoms with Gasteiger partial charge in [-0.15, -0.1) is 0 Å². The number of ketones is 1. The van der Waals surface area contributed by atoms with Crippen LogP contribution in [-0.4, -0.2) is 68.8 Å². The number of likely N-dealkylation sites (N-methyl/N-ethyl adjacent to an activating group) is 1. The molecule has 0 saturated carbocycles. The van der Waals surface area contributed by atoms with Gasteiger partial charge in [-0.2, -0.15) is 0 Å². The van der Waals surface area contributed by atoms with Gasteiger partial charge in [0.05, 0.1) is 39.5 Å². The molecule has 0 aliphatic carbocycles. The highest BCUT2D eigenvalue weighted by molar-refractivity contribution is 6.03. The summed E-state index contributed by atoms with van der Waals surface area (Å²) in [6, 6.07) is 18.0. The van der Waals surface area contributed by atoms with Crippen molar-refractivity contribution in [3.63, 3.8) is 0 Å². The molecule has 0 radical (unpaired) electrons. The van der Waals surface area contributed by atoms with Crippen molar-refractivity contribution in [3.05, 3.63) is 77.5 Å². The third-order valence-corrected chi connectivity index (χ3v) is 7.07. The second-order valence-corrected chi connectivity index (χ2v) is 9.60. The van der Waals surface area contributed by atoms with E-state index in [1.807, 2.05) is 62.8 Å². The van der Waals surface area contributed by atoms with Crippen LogP contribution in [0.25, 0.3) is 0 Å². The molecule has 0 spiro atoms. The average Bonchev–Trinajstić information content (AvgIpc) is 2.88. The molecule has 0 bridgehead atoms. The molecule has 6 heteroatoms. The second kappa shape index (κ2) is 11.6. The number of hydrogen-bond donors (Lipinski definition) is 0. The van der Waals surface area contributed by atoms with Gasteiger partial charge in [0.15, 0.2) is 5.54 Å². The van der Waals surface area contributed by atoms with Crippen molar-refractivity contribution >= 4 is 17.4 Å². The lowest BCUT2D eigenvalue weighted by atomic mass is 9.78. The minimum Gasteiger partial charge on any atom is -0.462 e. The van der Waals surface area contributed by atoms with Gasteiger partial charge in [-0.3, -0.25) is 9.28 Å². The first-order valence-corrected chi connectivity index (χ1v) is 12.5. The van der Waals surface area contributed by atoms with Crippen molar-refractivity contribution in [1.82, 2.24) is 0 Å². The number of rotatable bonds is 10. The Morgan fingerprint density at radius 3 is 2.23 bits per heavy atom. The minimum absolute atomic E-state index is 0.0651. The van der Waals surface area contributed by atoms with Gasteiger partial charge >= 0.3 is 5.97 Å². The van der Waals surface area contributed by atoms with Gasteiger partial charge in [0, 0.05) is 37.2 Å². The van der Waals surface area contributed by atoms with Crippen LogP contribution in [0.2, 0.25) is 0 Å². The summed E-state index contributed by atoms with van der Waals surface area (Å²) in [7, 11) is 3.99. The highest BCUT2D eigenvalue weighted by atomic mass is 16.5. The third kappa shape index (κ3) is 6.00. The lowest BCUT2D eigenvalue weighted by Gasteiger charge is -2.45. The Morgan fingerprint density at radius 2 is 1.66 bits per heavy atom. The van der Waals surface area contributed by atoms with Gasteiger partial charge in [0.2, 0.25) is 5.78 Å². The van der Waals surface area contributed by atoms with Crippen LogP contribution < -0.4 is 4.90 Å². The summed E-state index contributed by atoms with van der Waals surface area (Å²) in [5.41, 5.74) is 2.55. The number of anilines is 1. The van der Waals surface area contributed by atoms with Crippen molar-refractivity contribution in [2.24, 2.45) is 0 Å². The van der Waals surface area contributed by atoms with Crippen LogP contribution in [0.4, 0.5) is 5.69 Å². The Balaban J connectivity index is 2.02. The fourth-order valence-corrected chi connectivity index (χ4v) is 4.99. The van der Waals surface area contributed by atoms with Crippen molar-refractivity contribution < 1.29 is 23.5 Å². The van der Waals surface area contributed by atoms with Crippen LogP contribution in [0.3, 0.4) is 0 Å². The molecular formula is C29H39N2O4+. The van der Waals surface area contributed by atoms with Crippen LogP contribution in [-0.2, 0) is 20.7 Å². The Bertz CT molecular complexity index is 1020. The van der Waals surface area contributed by atoms with E-state index in [1.165, 1.54) is 0 Å². The molecule has 0 N–H and O–H groups in total. The smallest absolute Gasteiger partial charge is 0.339 e. The number of quaternary nitrogens is 1. The number of Topliss-reactive ketones (excluding diaryl/α,β-unsaturated/α-hetero) is 1. The predicted molar refractivity (Wildman–Crippen MR) is 139 cm³/mol. The van der Waals surface area contributed by atoms with E-state index >= 15 is 0 Å². The van der Waals surface area contributed by atoms with Gasteiger partial charge in [-0.25, -0.2) is 4.79 Å². The van der Waals surface area contributed by atoms with Crippen LogP contribution >= 0.6 is 0 Å². The quantitative estimate of drug-likeness (QED) is 0.215. The summed E-state index contributed by atoms with van der Waals surface area (Å²) in [6.45, 7) is 9.04. The summed E-state index contributed by atoms with van der Waals surface area (Å²) in [4.78, 5) is 29.0. The molecule has 188 valence electrons. The van der Waals surface area contributed by atoms with Crippen molar-refractivity contribution in [2.75, 3.05) is 51.9 Å². The zero-order chi connectivity index (χ0) is 25.5. The number of hydrogen-bond acceptors (Lipinski definition) is 5. The van der Waals surface area contributed by atoms with E-state index in [0.717, 1.165) is 24.3 Å². The molecule has 1 atom stereocenters. The molecule has 1 fully saturated rings. The number of carbonyl (C=O) groups excluding carboxylic acids is 2. The van der Waals surface area contributed by atoms with Crippen molar-refractivity contribution in [3.8, 4) is 0 Å². The van der Waals surface area contributed by atoms with E-state index in [-0.39, 0.29) is 16.2 Å². The number of morpholine rings is 1. The molecule has 2 aromatic rings. The van der Waals surface area contributed by atoms with Gasteiger partial charge in [0.25, 0.3) is 0 Å². The molecule has 1 aliphatic heterocycles.